The van der Waals surface area contributed by atoms with Crippen molar-refractivity contribution in [1.29, 1.82) is 0 Å². The third-order valence-corrected chi connectivity index (χ3v) is 4.00. The number of carbonyl (C=O) groups excluding carboxylic acids is 1. The molecule has 8 heteroatoms. The molecule has 0 aromatic heterocycles. The number of hydrogen-bond acceptors (Lipinski definition) is 4. The van der Waals surface area contributed by atoms with Crippen LogP contribution in [-0.4, -0.2) is 35.0 Å². The highest BCUT2D eigenvalue weighted by molar-refractivity contribution is 5.86. The van der Waals surface area contributed by atoms with E-state index in [1.54, 1.807) is 6.92 Å². The average molecular weight is 372 g/mol. The summed E-state index contributed by atoms with van der Waals surface area (Å²) in [5.74, 6) is 0.460. The Morgan fingerprint density at radius 3 is 2.04 bits per heavy atom. The number of hydrogen-bond donors (Lipinski definition) is 4. The monoisotopic (exact) mass is 372 g/mol. The molecule has 0 saturated heterocycles. The molecule has 0 aliphatic heterocycles. The Kier molecular flexibility index (Phi) is 11.8. The summed E-state index contributed by atoms with van der Waals surface area (Å²) in [5, 5.41) is 14.4. The Morgan fingerprint density at radius 1 is 1.27 bits per heavy atom. The van der Waals surface area contributed by atoms with E-state index in [-0.39, 0.29) is 11.4 Å². The van der Waals surface area contributed by atoms with Crippen LogP contribution in [0.25, 0.3) is 0 Å². The molecule has 26 heavy (non-hydrogen) atoms. The SMILES string of the molecule is C=C(C)C(=O)OCC(C)C1C(=C)CCCC1(C)C.NC(=O)O.NC(=O)O. The first kappa shape index (κ1) is 25.7. The Balaban J connectivity index is 0. The second-order valence-electron chi connectivity index (χ2n) is 7.01. The molecular weight excluding hydrogens is 340 g/mol. The fourth-order valence-electron chi connectivity index (χ4n) is 3.23. The van der Waals surface area contributed by atoms with Gasteiger partial charge in [0.1, 0.15) is 0 Å². The minimum absolute atomic E-state index is 0.254. The van der Waals surface area contributed by atoms with Gasteiger partial charge in [0.25, 0.3) is 0 Å². The van der Waals surface area contributed by atoms with Gasteiger partial charge in [-0.05, 0) is 43.4 Å². The van der Waals surface area contributed by atoms with Gasteiger partial charge < -0.3 is 26.4 Å². The van der Waals surface area contributed by atoms with Gasteiger partial charge in [0, 0.05) is 5.57 Å². The number of primary amides is 2. The molecule has 1 rings (SSSR count). The Morgan fingerprint density at radius 2 is 1.69 bits per heavy atom. The molecule has 6 N–H and O–H groups in total. The lowest BCUT2D eigenvalue weighted by atomic mass is 9.62. The van der Waals surface area contributed by atoms with E-state index in [9.17, 15) is 4.79 Å². The molecule has 1 aliphatic rings. The number of esters is 1. The summed E-state index contributed by atoms with van der Waals surface area (Å²) >= 11 is 0. The van der Waals surface area contributed by atoms with Crippen molar-refractivity contribution in [3.63, 3.8) is 0 Å². The quantitative estimate of drug-likeness (QED) is 0.337. The van der Waals surface area contributed by atoms with Crippen molar-refractivity contribution in [2.45, 2.75) is 47.0 Å². The van der Waals surface area contributed by atoms with Crippen LogP contribution in [0.3, 0.4) is 0 Å². The zero-order chi connectivity index (χ0) is 21.1. The molecule has 0 aromatic rings. The summed E-state index contributed by atoms with van der Waals surface area (Å²) in [7, 11) is 0. The maximum absolute atomic E-state index is 11.4. The van der Waals surface area contributed by atoms with Crippen LogP contribution in [0.1, 0.15) is 47.0 Å². The Labute approximate surface area is 154 Å². The van der Waals surface area contributed by atoms with Crippen LogP contribution in [-0.2, 0) is 9.53 Å². The number of ether oxygens (including phenoxy) is 1. The van der Waals surface area contributed by atoms with Crippen LogP contribution >= 0.6 is 0 Å². The summed E-state index contributed by atoms with van der Waals surface area (Å²) < 4.78 is 5.28. The summed E-state index contributed by atoms with van der Waals surface area (Å²) in [6.45, 7) is 16.7. The second kappa shape index (κ2) is 11.9. The highest BCUT2D eigenvalue weighted by Crippen LogP contribution is 2.46. The van der Waals surface area contributed by atoms with Crippen molar-refractivity contribution in [1.82, 2.24) is 0 Å². The van der Waals surface area contributed by atoms with Crippen molar-refractivity contribution >= 4 is 18.2 Å². The molecule has 2 atom stereocenters. The van der Waals surface area contributed by atoms with Crippen LogP contribution in [0.5, 0.6) is 0 Å². The molecule has 8 nitrogen and oxygen atoms in total. The number of rotatable bonds is 4. The van der Waals surface area contributed by atoms with Crippen molar-refractivity contribution < 1.29 is 29.3 Å². The topological polar surface area (TPSA) is 153 Å². The fourth-order valence-corrected chi connectivity index (χ4v) is 3.23. The van der Waals surface area contributed by atoms with Crippen LogP contribution in [0.2, 0.25) is 0 Å². The lowest BCUT2D eigenvalue weighted by Crippen LogP contribution is -2.36. The third-order valence-electron chi connectivity index (χ3n) is 4.00. The molecule has 2 amide bonds. The highest BCUT2D eigenvalue weighted by atomic mass is 16.5. The van der Waals surface area contributed by atoms with Crippen molar-refractivity contribution in [3.8, 4) is 0 Å². The van der Waals surface area contributed by atoms with Gasteiger partial charge in [-0.25, -0.2) is 14.4 Å². The predicted octanol–water partition coefficient (Wildman–Crippen LogP) is 3.37. The summed E-state index contributed by atoms with van der Waals surface area (Å²) in [4.78, 5) is 29.0. The molecule has 1 fully saturated rings. The number of amides is 2. The van der Waals surface area contributed by atoms with E-state index in [0.29, 0.717) is 24.0 Å². The minimum atomic E-state index is -1.33. The van der Waals surface area contributed by atoms with Crippen LogP contribution < -0.4 is 11.5 Å². The van der Waals surface area contributed by atoms with Crippen LogP contribution in [0.15, 0.2) is 24.3 Å². The van der Waals surface area contributed by atoms with Gasteiger partial charge in [-0.3, -0.25) is 0 Å². The van der Waals surface area contributed by atoms with E-state index >= 15 is 0 Å². The van der Waals surface area contributed by atoms with E-state index in [1.165, 1.54) is 18.4 Å². The van der Waals surface area contributed by atoms with E-state index in [2.05, 4.69) is 45.4 Å². The molecule has 2 unspecified atom stereocenters. The van der Waals surface area contributed by atoms with Gasteiger partial charge in [-0.15, -0.1) is 0 Å². The molecule has 1 aliphatic carbocycles. The van der Waals surface area contributed by atoms with E-state index in [4.69, 9.17) is 24.5 Å². The maximum atomic E-state index is 11.4. The highest BCUT2D eigenvalue weighted by Gasteiger charge is 2.38. The van der Waals surface area contributed by atoms with Crippen LogP contribution in [0.4, 0.5) is 9.59 Å². The van der Waals surface area contributed by atoms with Gasteiger partial charge in [0.15, 0.2) is 0 Å². The lowest BCUT2D eigenvalue weighted by molar-refractivity contribution is -0.141. The van der Waals surface area contributed by atoms with E-state index in [0.717, 1.165) is 6.42 Å². The zero-order valence-electron chi connectivity index (χ0n) is 16.1. The first-order valence-corrected chi connectivity index (χ1v) is 8.19. The molecule has 1 saturated carbocycles. The first-order valence-electron chi connectivity index (χ1n) is 8.19. The molecular formula is C18H32N2O6. The molecule has 0 aromatic carbocycles. The van der Waals surface area contributed by atoms with Crippen LogP contribution in [0, 0.1) is 17.3 Å². The van der Waals surface area contributed by atoms with Crippen molar-refractivity contribution in [2.75, 3.05) is 6.61 Å². The summed E-state index contributed by atoms with van der Waals surface area (Å²) in [6.07, 6.45) is 0.878. The van der Waals surface area contributed by atoms with Crippen molar-refractivity contribution in [3.05, 3.63) is 24.3 Å². The summed E-state index contributed by atoms with van der Waals surface area (Å²) in [6, 6.07) is 0. The Hall–Kier alpha value is -2.51. The predicted molar refractivity (Wildman–Crippen MR) is 99.6 cm³/mol. The minimum Gasteiger partial charge on any atom is -0.465 e. The average Bonchev–Trinajstić information content (AvgIpc) is 2.42. The zero-order valence-corrected chi connectivity index (χ0v) is 16.1. The number of nitrogens with two attached hydrogens (primary N) is 2. The number of carbonyl (C=O) groups is 3. The fraction of sp³-hybridized carbons (Fsp3) is 0.611. The van der Waals surface area contributed by atoms with E-state index < -0.39 is 12.2 Å². The van der Waals surface area contributed by atoms with Gasteiger partial charge in [-0.1, -0.05) is 39.5 Å². The standard InChI is InChI=1S/C16H26O2.2CH3NO2/c1-11(2)15(17)18-10-13(4)14-12(3)8-7-9-16(14,5)6;2*2-1(3)4/h13-14H,1,3,7-10H2,2,4-6H3;2*2H2,(H,3,4). The Bertz CT molecular complexity index is 508. The molecule has 0 bridgehead atoms. The normalized spacial score (nSPS) is 18.8. The summed E-state index contributed by atoms with van der Waals surface area (Å²) in [5.41, 5.74) is 10.1. The van der Waals surface area contributed by atoms with Gasteiger partial charge in [-0.2, -0.15) is 0 Å². The molecule has 0 heterocycles. The second-order valence-corrected chi connectivity index (χ2v) is 7.01. The third kappa shape index (κ3) is 11.9. The lowest BCUT2D eigenvalue weighted by Gasteiger charge is -2.43. The maximum Gasteiger partial charge on any atom is 0.402 e. The number of allylic oxidation sites excluding steroid dienone is 1. The van der Waals surface area contributed by atoms with Crippen molar-refractivity contribution in [2.24, 2.45) is 28.7 Å². The smallest absolute Gasteiger partial charge is 0.402 e. The van der Waals surface area contributed by atoms with Gasteiger partial charge in [0.05, 0.1) is 6.61 Å². The molecule has 0 spiro atoms. The van der Waals surface area contributed by atoms with E-state index in [1.807, 2.05) is 0 Å². The van der Waals surface area contributed by atoms with Gasteiger partial charge >= 0.3 is 18.2 Å². The largest absolute Gasteiger partial charge is 0.465 e. The first-order chi connectivity index (χ1) is 11.7. The molecule has 150 valence electrons. The molecule has 0 radical (unpaired) electrons. The number of carboxylic acid groups (broad SMARTS) is 2. The van der Waals surface area contributed by atoms with Gasteiger partial charge in [0.2, 0.25) is 0 Å².